The number of carbonyl (C=O) groups excluding carboxylic acids is 1. The molecule has 108 valence electrons. The predicted molar refractivity (Wildman–Crippen MR) is 76.2 cm³/mol. The lowest BCUT2D eigenvalue weighted by Gasteiger charge is -2.23. The number of hydrogen-bond donors (Lipinski definition) is 1. The number of rotatable bonds is 4. The minimum atomic E-state index is -0.0106. The summed E-state index contributed by atoms with van der Waals surface area (Å²) >= 11 is 0. The van der Waals surface area contributed by atoms with Crippen LogP contribution in [0.4, 0.5) is 0 Å². The van der Waals surface area contributed by atoms with Gasteiger partial charge >= 0.3 is 0 Å². The summed E-state index contributed by atoms with van der Waals surface area (Å²) in [4.78, 5) is 12.3. The van der Waals surface area contributed by atoms with Crippen LogP contribution < -0.4 is 14.8 Å². The summed E-state index contributed by atoms with van der Waals surface area (Å²) in [5.41, 5.74) is 0.630. The van der Waals surface area contributed by atoms with E-state index in [-0.39, 0.29) is 5.91 Å². The third-order valence-electron chi connectivity index (χ3n) is 4.70. The smallest absolute Gasteiger partial charge is 0.251 e. The molecule has 1 aromatic carbocycles. The number of benzene rings is 1. The average molecular weight is 275 g/mol. The Morgan fingerprint density at radius 3 is 2.55 bits per heavy atom. The minimum absolute atomic E-state index is 0.0106. The van der Waals surface area contributed by atoms with Gasteiger partial charge in [0.15, 0.2) is 11.5 Å². The minimum Gasteiger partial charge on any atom is -0.493 e. The zero-order valence-corrected chi connectivity index (χ0v) is 12.0. The van der Waals surface area contributed by atoms with E-state index in [1.165, 1.54) is 19.3 Å². The number of hydrogen-bond acceptors (Lipinski definition) is 3. The van der Waals surface area contributed by atoms with Gasteiger partial charge in [0.2, 0.25) is 0 Å². The molecule has 2 bridgehead atoms. The summed E-state index contributed by atoms with van der Waals surface area (Å²) in [6.45, 7) is 0. The van der Waals surface area contributed by atoms with Gasteiger partial charge in [-0.05, 0) is 49.3 Å². The average Bonchev–Trinajstić information content (AvgIpc) is 3.09. The molecule has 0 spiro atoms. The number of ether oxygens (including phenoxy) is 2. The first kappa shape index (κ1) is 13.3. The molecule has 0 aromatic heterocycles. The Bertz CT molecular complexity index is 514. The van der Waals surface area contributed by atoms with Crippen LogP contribution in [0.25, 0.3) is 0 Å². The highest BCUT2D eigenvalue weighted by Crippen LogP contribution is 2.44. The Kier molecular flexibility index (Phi) is 3.55. The largest absolute Gasteiger partial charge is 0.493 e. The normalized spacial score (nSPS) is 27.4. The summed E-state index contributed by atoms with van der Waals surface area (Å²) in [7, 11) is 3.17. The van der Waals surface area contributed by atoms with E-state index in [1.54, 1.807) is 32.4 Å². The predicted octanol–water partition coefficient (Wildman–Crippen LogP) is 2.62. The lowest BCUT2D eigenvalue weighted by molar-refractivity contribution is 0.0922. The number of carbonyl (C=O) groups is 1. The van der Waals surface area contributed by atoms with E-state index in [0.717, 1.165) is 12.3 Å². The van der Waals surface area contributed by atoms with Crippen molar-refractivity contribution in [3.05, 3.63) is 23.8 Å². The SMILES string of the molecule is COc1ccc(C(=O)N[C@H]2C[C@@H]3CC[C@@H]2C3)cc1OC. The van der Waals surface area contributed by atoms with E-state index < -0.39 is 0 Å². The van der Waals surface area contributed by atoms with Gasteiger partial charge in [-0.2, -0.15) is 0 Å². The van der Waals surface area contributed by atoms with Crippen molar-refractivity contribution in [3.8, 4) is 11.5 Å². The molecule has 20 heavy (non-hydrogen) atoms. The van der Waals surface area contributed by atoms with Gasteiger partial charge in [0.05, 0.1) is 14.2 Å². The summed E-state index contributed by atoms with van der Waals surface area (Å²) in [6.07, 6.45) is 5.04. The van der Waals surface area contributed by atoms with Crippen LogP contribution in [0.2, 0.25) is 0 Å². The molecule has 4 heteroatoms. The number of amides is 1. The van der Waals surface area contributed by atoms with E-state index in [2.05, 4.69) is 5.32 Å². The van der Waals surface area contributed by atoms with E-state index >= 15 is 0 Å². The Balaban J connectivity index is 1.71. The zero-order chi connectivity index (χ0) is 14.1. The highest BCUT2D eigenvalue weighted by atomic mass is 16.5. The maximum absolute atomic E-state index is 12.3. The van der Waals surface area contributed by atoms with Crippen LogP contribution in [0, 0.1) is 11.8 Å². The van der Waals surface area contributed by atoms with Crippen LogP contribution >= 0.6 is 0 Å². The van der Waals surface area contributed by atoms with Crippen molar-refractivity contribution >= 4 is 5.91 Å². The highest BCUT2D eigenvalue weighted by Gasteiger charge is 2.40. The molecule has 3 atom stereocenters. The van der Waals surface area contributed by atoms with Crippen LogP contribution in [-0.4, -0.2) is 26.2 Å². The third-order valence-corrected chi connectivity index (χ3v) is 4.70. The quantitative estimate of drug-likeness (QED) is 0.919. The van der Waals surface area contributed by atoms with Crippen LogP contribution in [0.5, 0.6) is 11.5 Å². The van der Waals surface area contributed by atoms with Gasteiger partial charge in [0, 0.05) is 11.6 Å². The van der Waals surface area contributed by atoms with Crippen molar-refractivity contribution in [1.82, 2.24) is 5.32 Å². The molecule has 1 amide bonds. The van der Waals surface area contributed by atoms with Gasteiger partial charge in [-0.15, -0.1) is 0 Å². The molecular formula is C16H21NO3. The second-order valence-electron chi connectivity index (χ2n) is 5.82. The van der Waals surface area contributed by atoms with Crippen LogP contribution in [0.15, 0.2) is 18.2 Å². The molecule has 1 N–H and O–H groups in total. The monoisotopic (exact) mass is 275 g/mol. The third kappa shape index (κ3) is 2.35. The summed E-state index contributed by atoms with van der Waals surface area (Å²) < 4.78 is 10.4. The summed E-state index contributed by atoms with van der Waals surface area (Å²) in [6, 6.07) is 5.65. The van der Waals surface area contributed by atoms with Crippen LogP contribution in [0.3, 0.4) is 0 Å². The molecule has 0 aliphatic heterocycles. The molecule has 2 saturated carbocycles. The Morgan fingerprint density at radius 1 is 1.15 bits per heavy atom. The van der Waals surface area contributed by atoms with Crippen LogP contribution in [0.1, 0.15) is 36.0 Å². The van der Waals surface area contributed by atoms with Gasteiger partial charge in [0.25, 0.3) is 5.91 Å². The Labute approximate surface area is 119 Å². The van der Waals surface area contributed by atoms with Gasteiger partial charge < -0.3 is 14.8 Å². The van der Waals surface area contributed by atoms with Gasteiger partial charge in [-0.1, -0.05) is 6.42 Å². The molecule has 2 aliphatic carbocycles. The van der Waals surface area contributed by atoms with Crippen molar-refractivity contribution in [2.75, 3.05) is 14.2 Å². The molecule has 4 nitrogen and oxygen atoms in total. The molecule has 2 aliphatic rings. The molecule has 3 rings (SSSR count). The molecular weight excluding hydrogens is 254 g/mol. The maximum atomic E-state index is 12.3. The summed E-state index contributed by atoms with van der Waals surface area (Å²) in [5.74, 6) is 2.74. The number of nitrogens with one attached hydrogen (secondary N) is 1. The Morgan fingerprint density at radius 2 is 1.95 bits per heavy atom. The van der Waals surface area contributed by atoms with Crippen molar-refractivity contribution in [1.29, 1.82) is 0 Å². The van der Waals surface area contributed by atoms with E-state index in [9.17, 15) is 4.79 Å². The fourth-order valence-electron chi connectivity index (χ4n) is 3.65. The van der Waals surface area contributed by atoms with Crippen molar-refractivity contribution in [3.63, 3.8) is 0 Å². The lowest BCUT2D eigenvalue weighted by atomic mass is 9.95. The van der Waals surface area contributed by atoms with Gasteiger partial charge in [-0.25, -0.2) is 0 Å². The van der Waals surface area contributed by atoms with Gasteiger partial charge in [0.1, 0.15) is 0 Å². The molecule has 2 fully saturated rings. The topological polar surface area (TPSA) is 47.6 Å². The molecule has 0 unspecified atom stereocenters. The Hall–Kier alpha value is -1.71. The van der Waals surface area contributed by atoms with Crippen molar-refractivity contribution in [2.24, 2.45) is 11.8 Å². The van der Waals surface area contributed by atoms with Crippen molar-refractivity contribution < 1.29 is 14.3 Å². The zero-order valence-electron chi connectivity index (χ0n) is 12.0. The molecule has 0 saturated heterocycles. The fourth-order valence-corrected chi connectivity index (χ4v) is 3.65. The molecule has 0 heterocycles. The first-order valence-corrected chi connectivity index (χ1v) is 7.24. The van der Waals surface area contributed by atoms with Gasteiger partial charge in [-0.3, -0.25) is 4.79 Å². The first-order chi connectivity index (χ1) is 9.71. The van der Waals surface area contributed by atoms with Crippen molar-refractivity contribution in [2.45, 2.75) is 31.7 Å². The van der Waals surface area contributed by atoms with E-state index in [0.29, 0.717) is 29.0 Å². The highest BCUT2D eigenvalue weighted by molar-refractivity contribution is 5.95. The second-order valence-corrected chi connectivity index (χ2v) is 5.82. The lowest BCUT2D eigenvalue weighted by Crippen LogP contribution is -2.38. The first-order valence-electron chi connectivity index (χ1n) is 7.24. The summed E-state index contributed by atoms with van der Waals surface area (Å²) in [5, 5.41) is 3.18. The number of fused-ring (bicyclic) bond motifs is 2. The fraction of sp³-hybridized carbons (Fsp3) is 0.562. The molecule has 1 aromatic rings. The second kappa shape index (κ2) is 5.35. The van der Waals surface area contributed by atoms with E-state index in [1.807, 2.05) is 0 Å². The number of methoxy groups -OCH3 is 2. The van der Waals surface area contributed by atoms with Crippen LogP contribution in [-0.2, 0) is 0 Å². The standard InChI is InChI=1S/C16H21NO3/c1-19-14-6-5-12(9-15(14)20-2)16(18)17-13-8-10-3-4-11(13)7-10/h5-6,9-11,13H,3-4,7-8H2,1-2H3,(H,17,18)/t10-,11-,13+/m1/s1. The van der Waals surface area contributed by atoms with E-state index in [4.69, 9.17) is 9.47 Å². The molecule has 0 radical (unpaired) electrons. The maximum Gasteiger partial charge on any atom is 0.251 e.